The Bertz CT molecular complexity index is 691. The zero-order valence-corrected chi connectivity index (χ0v) is 12.9. The molecule has 0 bridgehead atoms. The normalized spacial score (nSPS) is 11.5. The summed E-state index contributed by atoms with van der Waals surface area (Å²) in [5.74, 6) is -0.237. The summed E-state index contributed by atoms with van der Waals surface area (Å²) in [5, 5.41) is 6.16. The van der Waals surface area contributed by atoms with E-state index in [-0.39, 0.29) is 16.1 Å². The second kappa shape index (κ2) is 6.04. The minimum Gasteiger partial charge on any atom is -0.361 e. The molecule has 0 atom stereocenters. The molecule has 1 aromatic heterocycles. The lowest BCUT2D eigenvalue weighted by Crippen LogP contribution is -2.16. The summed E-state index contributed by atoms with van der Waals surface area (Å²) in [7, 11) is 0. The number of carbonyl (C=O) groups excluding carboxylic acids is 1. The summed E-state index contributed by atoms with van der Waals surface area (Å²) in [5.41, 5.74) is -0.0685. The number of halogens is 3. The molecular formula is C14H13F3N2O2S. The van der Waals surface area contributed by atoms with Gasteiger partial charge in [0.2, 0.25) is 0 Å². The number of benzene rings is 1. The Morgan fingerprint density at radius 3 is 2.50 bits per heavy atom. The minimum atomic E-state index is -4.48. The van der Waals surface area contributed by atoms with Gasteiger partial charge in [0.25, 0.3) is 5.91 Å². The van der Waals surface area contributed by atoms with Crippen LogP contribution in [-0.4, -0.2) is 17.3 Å². The molecule has 118 valence electrons. The van der Waals surface area contributed by atoms with Gasteiger partial charge in [-0.05, 0) is 32.2 Å². The molecule has 0 saturated heterocycles. The number of alkyl halides is 3. The van der Waals surface area contributed by atoms with Crippen molar-refractivity contribution in [1.82, 2.24) is 5.16 Å². The largest absolute Gasteiger partial charge is 0.417 e. The van der Waals surface area contributed by atoms with Gasteiger partial charge < -0.3 is 9.84 Å². The van der Waals surface area contributed by atoms with Crippen LogP contribution in [0.15, 0.2) is 27.6 Å². The van der Waals surface area contributed by atoms with E-state index in [2.05, 4.69) is 10.5 Å². The van der Waals surface area contributed by atoms with Crippen molar-refractivity contribution in [2.45, 2.75) is 24.9 Å². The third-order valence-electron chi connectivity index (χ3n) is 3.03. The van der Waals surface area contributed by atoms with Crippen LogP contribution in [0.4, 0.5) is 18.9 Å². The molecule has 0 aliphatic heterocycles. The van der Waals surface area contributed by atoms with Gasteiger partial charge in [-0.25, -0.2) is 0 Å². The van der Waals surface area contributed by atoms with Crippen LogP contribution in [0.2, 0.25) is 0 Å². The lowest BCUT2D eigenvalue weighted by Gasteiger charge is -2.15. The zero-order chi connectivity index (χ0) is 16.5. The fourth-order valence-electron chi connectivity index (χ4n) is 2.07. The second-order valence-electron chi connectivity index (χ2n) is 4.54. The number of anilines is 1. The highest BCUT2D eigenvalue weighted by molar-refractivity contribution is 7.98. The fraction of sp³-hybridized carbons (Fsp3) is 0.286. The molecule has 0 aliphatic rings. The van der Waals surface area contributed by atoms with Crippen molar-refractivity contribution in [2.75, 3.05) is 11.6 Å². The van der Waals surface area contributed by atoms with Crippen LogP contribution in [0.3, 0.4) is 0 Å². The minimum absolute atomic E-state index is 0.0323. The SMILES string of the molecule is CSc1c(NC(=O)c2c(C)noc2C)cccc1C(F)(F)F. The first kappa shape index (κ1) is 16.4. The molecule has 0 saturated carbocycles. The van der Waals surface area contributed by atoms with Crippen LogP contribution in [0, 0.1) is 13.8 Å². The van der Waals surface area contributed by atoms with Crippen LogP contribution in [0.1, 0.15) is 27.4 Å². The monoisotopic (exact) mass is 330 g/mol. The molecule has 22 heavy (non-hydrogen) atoms. The summed E-state index contributed by atoms with van der Waals surface area (Å²) in [6.07, 6.45) is -2.96. The van der Waals surface area contributed by atoms with Gasteiger partial charge in [0.05, 0.1) is 16.9 Å². The van der Waals surface area contributed by atoms with Gasteiger partial charge in [0.1, 0.15) is 11.3 Å². The van der Waals surface area contributed by atoms with Crippen LogP contribution >= 0.6 is 11.8 Å². The van der Waals surface area contributed by atoms with Crippen molar-refractivity contribution < 1.29 is 22.5 Å². The van der Waals surface area contributed by atoms with Gasteiger partial charge >= 0.3 is 6.18 Å². The lowest BCUT2D eigenvalue weighted by molar-refractivity contribution is -0.139. The van der Waals surface area contributed by atoms with Crippen LogP contribution < -0.4 is 5.32 Å². The Hall–Kier alpha value is -1.96. The number of rotatable bonds is 3. The van der Waals surface area contributed by atoms with Gasteiger partial charge in [0, 0.05) is 4.90 Å². The van der Waals surface area contributed by atoms with Crippen molar-refractivity contribution in [3.8, 4) is 0 Å². The predicted octanol–water partition coefficient (Wildman–Crippen LogP) is 4.28. The van der Waals surface area contributed by atoms with Crippen molar-refractivity contribution in [1.29, 1.82) is 0 Å². The van der Waals surface area contributed by atoms with E-state index in [9.17, 15) is 18.0 Å². The van der Waals surface area contributed by atoms with E-state index >= 15 is 0 Å². The molecule has 1 N–H and O–H groups in total. The molecule has 1 aromatic carbocycles. The summed E-state index contributed by atoms with van der Waals surface area (Å²) in [6.45, 7) is 3.16. The second-order valence-corrected chi connectivity index (χ2v) is 5.35. The zero-order valence-electron chi connectivity index (χ0n) is 12.0. The van der Waals surface area contributed by atoms with E-state index in [0.29, 0.717) is 11.5 Å². The molecule has 2 rings (SSSR count). The predicted molar refractivity (Wildman–Crippen MR) is 77.2 cm³/mol. The standard InChI is InChI=1S/C14H13F3N2O2S/c1-7-11(8(2)21-19-7)13(20)18-10-6-4-5-9(12(10)22-3)14(15,16)17/h4-6H,1-3H3,(H,18,20). The Balaban J connectivity index is 2.40. The van der Waals surface area contributed by atoms with Gasteiger partial charge in [-0.15, -0.1) is 11.8 Å². The van der Waals surface area contributed by atoms with Crippen molar-refractivity contribution in [3.63, 3.8) is 0 Å². The highest BCUT2D eigenvalue weighted by atomic mass is 32.2. The molecular weight excluding hydrogens is 317 g/mol. The topological polar surface area (TPSA) is 55.1 Å². The summed E-state index contributed by atoms with van der Waals surface area (Å²) in [4.78, 5) is 12.2. The Morgan fingerprint density at radius 1 is 1.32 bits per heavy atom. The van der Waals surface area contributed by atoms with Gasteiger partial charge in [-0.1, -0.05) is 11.2 Å². The van der Waals surface area contributed by atoms with Crippen molar-refractivity contribution >= 4 is 23.4 Å². The number of nitrogens with zero attached hydrogens (tertiary/aromatic N) is 1. The highest BCUT2D eigenvalue weighted by Gasteiger charge is 2.34. The number of carbonyl (C=O) groups is 1. The smallest absolute Gasteiger partial charge is 0.361 e. The number of aromatic nitrogens is 1. The lowest BCUT2D eigenvalue weighted by atomic mass is 10.1. The number of aryl methyl sites for hydroxylation is 2. The van der Waals surface area contributed by atoms with E-state index in [0.717, 1.165) is 17.8 Å². The Morgan fingerprint density at radius 2 is 2.00 bits per heavy atom. The quantitative estimate of drug-likeness (QED) is 0.853. The summed E-state index contributed by atoms with van der Waals surface area (Å²) in [6, 6.07) is 3.67. The number of hydrogen-bond acceptors (Lipinski definition) is 4. The molecule has 8 heteroatoms. The number of thioether (sulfide) groups is 1. The first-order valence-electron chi connectivity index (χ1n) is 6.24. The number of nitrogens with one attached hydrogen (secondary N) is 1. The van der Waals surface area contributed by atoms with Gasteiger partial charge in [0.15, 0.2) is 0 Å². The van der Waals surface area contributed by atoms with Crippen LogP contribution in [0.25, 0.3) is 0 Å². The van der Waals surface area contributed by atoms with Crippen LogP contribution in [-0.2, 0) is 6.18 Å². The molecule has 2 aromatic rings. The molecule has 0 aliphatic carbocycles. The van der Waals surface area contributed by atoms with E-state index in [1.54, 1.807) is 13.8 Å². The number of hydrogen-bond donors (Lipinski definition) is 1. The molecule has 0 spiro atoms. The van der Waals surface area contributed by atoms with E-state index in [4.69, 9.17) is 4.52 Å². The maximum atomic E-state index is 13.0. The first-order valence-corrected chi connectivity index (χ1v) is 7.46. The van der Waals surface area contributed by atoms with Gasteiger partial charge in [-0.3, -0.25) is 4.79 Å². The maximum Gasteiger partial charge on any atom is 0.417 e. The van der Waals surface area contributed by atoms with Crippen molar-refractivity contribution in [2.24, 2.45) is 0 Å². The number of amides is 1. The fourth-order valence-corrected chi connectivity index (χ4v) is 2.81. The van der Waals surface area contributed by atoms with E-state index in [1.165, 1.54) is 18.4 Å². The Labute approximate surface area is 129 Å². The van der Waals surface area contributed by atoms with Crippen LogP contribution in [0.5, 0.6) is 0 Å². The van der Waals surface area contributed by atoms with Gasteiger partial charge in [-0.2, -0.15) is 13.2 Å². The molecule has 1 heterocycles. The third-order valence-corrected chi connectivity index (χ3v) is 3.88. The highest BCUT2D eigenvalue weighted by Crippen LogP contribution is 2.39. The van der Waals surface area contributed by atoms with E-state index < -0.39 is 17.6 Å². The first-order chi connectivity index (χ1) is 10.3. The van der Waals surface area contributed by atoms with Crippen molar-refractivity contribution in [3.05, 3.63) is 40.8 Å². The average Bonchev–Trinajstić information content (AvgIpc) is 2.76. The third kappa shape index (κ3) is 3.11. The summed E-state index contributed by atoms with van der Waals surface area (Å²) < 4.78 is 43.9. The summed E-state index contributed by atoms with van der Waals surface area (Å²) >= 11 is 0.923. The molecule has 4 nitrogen and oxygen atoms in total. The molecule has 0 radical (unpaired) electrons. The molecule has 0 fully saturated rings. The maximum absolute atomic E-state index is 13.0. The van der Waals surface area contributed by atoms with E-state index in [1.807, 2.05) is 0 Å². The average molecular weight is 330 g/mol. The molecule has 1 amide bonds. The molecule has 0 unspecified atom stereocenters. The Kier molecular flexibility index (Phi) is 4.50.